The monoisotopic (exact) mass is 477 g/mol. The molecule has 1 heterocycles. The zero-order valence-corrected chi connectivity index (χ0v) is 23.2. The minimum atomic E-state index is 1.08. The van der Waals surface area contributed by atoms with Crippen LogP contribution in [-0.4, -0.2) is 14.1 Å². The van der Waals surface area contributed by atoms with E-state index in [-0.39, 0.29) is 0 Å². The first-order chi connectivity index (χ1) is 17.2. The first-order valence-electron chi connectivity index (χ1n) is 14.6. The summed E-state index contributed by atoms with van der Waals surface area (Å²) in [5.41, 5.74) is 4.97. The van der Waals surface area contributed by atoms with Gasteiger partial charge in [0.2, 0.25) is 5.69 Å². The van der Waals surface area contributed by atoms with E-state index in [1.54, 1.807) is 0 Å². The number of aromatic nitrogens is 1. The predicted octanol–water partition coefficient (Wildman–Crippen LogP) is 9.61. The molecule has 2 heteroatoms. The van der Waals surface area contributed by atoms with Crippen LogP contribution in [0.15, 0.2) is 49.2 Å². The van der Waals surface area contributed by atoms with Crippen molar-refractivity contribution >= 4 is 11.8 Å². The van der Waals surface area contributed by atoms with Gasteiger partial charge < -0.3 is 4.90 Å². The average Bonchev–Trinajstić information content (AvgIpc) is 2.88. The van der Waals surface area contributed by atoms with Crippen LogP contribution in [-0.2, 0) is 6.54 Å². The molecule has 2 rings (SSSR count). The van der Waals surface area contributed by atoms with Crippen LogP contribution in [0.2, 0.25) is 0 Å². The van der Waals surface area contributed by atoms with E-state index in [0.29, 0.717) is 0 Å². The fraction of sp³-hybridized carbons (Fsp3) is 0.606. The Morgan fingerprint density at radius 1 is 0.686 bits per heavy atom. The summed E-state index contributed by atoms with van der Waals surface area (Å²) in [6.45, 7) is 7.35. The molecule has 0 spiro atoms. The van der Waals surface area contributed by atoms with E-state index in [2.05, 4.69) is 79.7 Å². The Hall–Kier alpha value is -2.09. The van der Waals surface area contributed by atoms with Crippen molar-refractivity contribution < 1.29 is 4.57 Å². The molecule has 0 amide bonds. The fourth-order valence-corrected chi connectivity index (χ4v) is 4.88. The van der Waals surface area contributed by atoms with E-state index >= 15 is 0 Å². The highest BCUT2D eigenvalue weighted by Gasteiger charge is 2.13. The molecular formula is C33H53N2+. The Morgan fingerprint density at radius 2 is 1.17 bits per heavy atom. The van der Waals surface area contributed by atoms with E-state index in [4.69, 9.17) is 0 Å². The lowest BCUT2D eigenvalue weighted by Crippen LogP contribution is -2.36. The van der Waals surface area contributed by atoms with Gasteiger partial charge in [-0.05, 0) is 36.2 Å². The van der Waals surface area contributed by atoms with Crippen LogP contribution >= 0.6 is 0 Å². The summed E-state index contributed by atoms with van der Waals surface area (Å²) in [5.74, 6) is 0. The van der Waals surface area contributed by atoms with Crippen LogP contribution in [0.25, 0.3) is 17.3 Å². The van der Waals surface area contributed by atoms with Gasteiger partial charge in [-0.2, -0.15) is 4.57 Å². The zero-order valence-electron chi connectivity index (χ0n) is 23.2. The van der Waals surface area contributed by atoms with E-state index in [0.717, 1.165) is 6.54 Å². The fourth-order valence-electron chi connectivity index (χ4n) is 4.88. The van der Waals surface area contributed by atoms with Crippen molar-refractivity contribution in [3.8, 4) is 11.3 Å². The molecule has 194 valence electrons. The average molecular weight is 478 g/mol. The minimum absolute atomic E-state index is 1.08. The molecule has 0 fully saturated rings. The Kier molecular flexibility index (Phi) is 15.2. The van der Waals surface area contributed by atoms with Crippen LogP contribution in [0.1, 0.15) is 115 Å². The summed E-state index contributed by atoms with van der Waals surface area (Å²) in [6.07, 6.45) is 26.8. The topological polar surface area (TPSA) is 7.12 Å². The molecule has 1 aromatic heterocycles. The summed E-state index contributed by atoms with van der Waals surface area (Å²) in [4.78, 5) is 2.15. The molecule has 0 radical (unpaired) electrons. The van der Waals surface area contributed by atoms with Gasteiger partial charge in [-0.15, -0.1) is 0 Å². The maximum Gasteiger partial charge on any atom is 0.213 e. The molecule has 2 aromatic rings. The quantitative estimate of drug-likeness (QED) is 0.136. The molecule has 35 heavy (non-hydrogen) atoms. The molecule has 0 aliphatic rings. The number of hydrogen-bond acceptors (Lipinski definition) is 1. The van der Waals surface area contributed by atoms with Gasteiger partial charge >= 0.3 is 0 Å². The van der Waals surface area contributed by atoms with Crippen molar-refractivity contribution in [3.05, 3.63) is 54.7 Å². The van der Waals surface area contributed by atoms with Gasteiger partial charge in [0.25, 0.3) is 0 Å². The number of hydrogen-bond donors (Lipinski definition) is 0. The SMILES string of the molecule is C=Cc1cc[n+](CCCCCCCCCCCCCCCCCC)c(-c2ccc(N(C)C)cc2)c1. The highest BCUT2D eigenvalue weighted by Crippen LogP contribution is 2.21. The van der Waals surface area contributed by atoms with Gasteiger partial charge in [-0.3, -0.25) is 0 Å². The smallest absolute Gasteiger partial charge is 0.213 e. The summed E-state index contributed by atoms with van der Waals surface area (Å²) in [6, 6.07) is 13.3. The van der Waals surface area contributed by atoms with Crippen molar-refractivity contribution in [2.45, 2.75) is 116 Å². The second-order valence-corrected chi connectivity index (χ2v) is 10.5. The first-order valence-corrected chi connectivity index (χ1v) is 14.6. The summed E-state index contributed by atoms with van der Waals surface area (Å²) in [7, 11) is 4.18. The number of rotatable bonds is 20. The van der Waals surface area contributed by atoms with Crippen molar-refractivity contribution in [3.63, 3.8) is 0 Å². The second kappa shape index (κ2) is 18.2. The highest BCUT2D eigenvalue weighted by molar-refractivity contribution is 5.63. The lowest BCUT2D eigenvalue weighted by atomic mass is 10.0. The molecular weight excluding hydrogens is 424 g/mol. The minimum Gasteiger partial charge on any atom is -0.378 e. The van der Waals surface area contributed by atoms with E-state index < -0.39 is 0 Å². The maximum absolute atomic E-state index is 3.96. The Morgan fingerprint density at radius 3 is 1.63 bits per heavy atom. The second-order valence-electron chi connectivity index (χ2n) is 10.5. The number of aryl methyl sites for hydroxylation is 1. The Balaban J connectivity index is 1.60. The molecule has 0 N–H and O–H groups in total. The molecule has 0 aliphatic heterocycles. The summed E-state index contributed by atoms with van der Waals surface area (Å²) in [5, 5.41) is 0. The first kappa shape index (κ1) is 29.1. The highest BCUT2D eigenvalue weighted by atomic mass is 15.1. The molecule has 0 saturated carbocycles. The number of unbranched alkanes of at least 4 members (excludes halogenated alkanes) is 15. The molecule has 0 unspecified atom stereocenters. The van der Waals surface area contributed by atoms with Gasteiger partial charge in [0.1, 0.15) is 6.54 Å². The van der Waals surface area contributed by atoms with Crippen LogP contribution in [0.4, 0.5) is 5.69 Å². The third-order valence-corrected chi connectivity index (χ3v) is 7.23. The van der Waals surface area contributed by atoms with Gasteiger partial charge in [0.05, 0.1) is 0 Å². The summed E-state index contributed by atoms with van der Waals surface area (Å²) < 4.78 is 2.42. The third-order valence-electron chi connectivity index (χ3n) is 7.23. The van der Waals surface area contributed by atoms with Crippen LogP contribution in [0.5, 0.6) is 0 Å². The maximum atomic E-state index is 3.96. The van der Waals surface area contributed by atoms with Crippen LogP contribution in [0.3, 0.4) is 0 Å². The Bertz CT molecular complexity index is 806. The van der Waals surface area contributed by atoms with Crippen molar-refractivity contribution in [2.24, 2.45) is 0 Å². The zero-order chi connectivity index (χ0) is 25.1. The van der Waals surface area contributed by atoms with E-state index in [1.807, 2.05) is 6.08 Å². The standard InChI is InChI=1S/C33H53N2/c1-5-7-8-9-10-11-12-13-14-15-16-17-18-19-20-21-27-35-28-26-30(6-2)29-33(35)31-22-24-32(25-23-31)34(3)4/h6,22-26,28-29H,2,5,7-21,27H2,1,3-4H3/q+1. The molecule has 1 aromatic carbocycles. The van der Waals surface area contributed by atoms with Crippen molar-refractivity contribution in [1.82, 2.24) is 0 Å². The number of pyridine rings is 1. The Labute approximate surface area is 217 Å². The molecule has 0 atom stereocenters. The molecule has 0 bridgehead atoms. The van der Waals surface area contributed by atoms with E-state index in [1.165, 1.54) is 125 Å². The number of nitrogens with zero attached hydrogens (tertiary/aromatic N) is 2. The normalized spacial score (nSPS) is 11.1. The molecule has 0 saturated heterocycles. The van der Waals surface area contributed by atoms with Gasteiger partial charge in [-0.25, -0.2) is 0 Å². The number of benzene rings is 1. The van der Waals surface area contributed by atoms with Crippen LogP contribution < -0.4 is 9.47 Å². The lowest BCUT2D eigenvalue weighted by molar-refractivity contribution is -0.686. The van der Waals surface area contributed by atoms with Crippen LogP contribution in [0, 0.1) is 0 Å². The lowest BCUT2D eigenvalue weighted by Gasteiger charge is -2.12. The third kappa shape index (κ3) is 11.9. The number of anilines is 1. The van der Waals surface area contributed by atoms with Crippen molar-refractivity contribution in [1.29, 1.82) is 0 Å². The van der Waals surface area contributed by atoms with Gasteiger partial charge in [0, 0.05) is 43.9 Å². The summed E-state index contributed by atoms with van der Waals surface area (Å²) >= 11 is 0. The van der Waals surface area contributed by atoms with Crippen molar-refractivity contribution in [2.75, 3.05) is 19.0 Å². The van der Waals surface area contributed by atoms with Gasteiger partial charge in [-0.1, -0.05) is 109 Å². The largest absolute Gasteiger partial charge is 0.378 e. The predicted molar refractivity (Wildman–Crippen MR) is 156 cm³/mol. The molecule has 2 nitrogen and oxygen atoms in total. The molecule has 0 aliphatic carbocycles. The van der Waals surface area contributed by atoms with E-state index in [9.17, 15) is 0 Å². The van der Waals surface area contributed by atoms with Gasteiger partial charge in [0.15, 0.2) is 6.20 Å².